The van der Waals surface area contributed by atoms with E-state index in [-0.39, 0.29) is 11.7 Å². The number of carbonyl (C=O) groups is 2. The van der Waals surface area contributed by atoms with Gasteiger partial charge >= 0.3 is 0 Å². The summed E-state index contributed by atoms with van der Waals surface area (Å²) < 4.78 is 0. The van der Waals surface area contributed by atoms with Crippen molar-refractivity contribution in [3.8, 4) is 0 Å². The van der Waals surface area contributed by atoms with Crippen LogP contribution in [0.4, 0.5) is 0 Å². The summed E-state index contributed by atoms with van der Waals surface area (Å²) in [5, 5.41) is 9.54. The zero-order valence-electron chi connectivity index (χ0n) is 8.60. The summed E-state index contributed by atoms with van der Waals surface area (Å²) in [5.74, 6) is -0.504. The summed E-state index contributed by atoms with van der Waals surface area (Å²) in [4.78, 5) is 22.4. The zero-order chi connectivity index (χ0) is 11.5. The van der Waals surface area contributed by atoms with Crippen LogP contribution in [-0.4, -0.2) is 11.8 Å². The Morgan fingerprint density at radius 2 is 1.88 bits per heavy atom. The lowest BCUT2D eigenvalue weighted by molar-refractivity contribution is -0.118. The number of nitrogens with one attached hydrogen (secondary N) is 1. The molecule has 0 unspecified atom stereocenters. The SMILES string of the molecule is CC(=O)NC1=C(c2ccccc2)C(=O)N=N1. The molecule has 1 aliphatic rings. The number of carbonyl (C=O) groups excluding carboxylic acids is 2. The fraction of sp³-hybridized carbons (Fsp3) is 0.0909. The number of benzene rings is 1. The van der Waals surface area contributed by atoms with Gasteiger partial charge in [0.15, 0.2) is 5.82 Å². The fourth-order valence-electron chi connectivity index (χ4n) is 1.42. The highest BCUT2D eigenvalue weighted by atomic mass is 16.2. The third-order valence-electron chi connectivity index (χ3n) is 2.05. The van der Waals surface area contributed by atoms with E-state index in [9.17, 15) is 9.59 Å². The highest BCUT2D eigenvalue weighted by Gasteiger charge is 2.23. The first kappa shape index (κ1) is 10.2. The number of rotatable bonds is 2. The molecule has 1 heterocycles. The highest BCUT2D eigenvalue weighted by Crippen LogP contribution is 2.24. The minimum Gasteiger partial charge on any atom is -0.309 e. The van der Waals surface area contributed by atoms with Crippen molar-refractivity contribution in [2.45, 2.75) is 6.92 Å². The minimum absolute atomic E-state index is 0.212. The predicted molar refractivity (Wildman–Crippen MR) is 57.0 cm³/mol. The van der Waals surface area contributed by atoms with Crippen LogP contribution in [0.3, 0.4) is 0 Å². The maximum absolute atomic E-state index is 11.5. The second kappa shape index (κ2) is 4.06. The van der Waals surface area contributed by atoms with E-state index in [1.807, 2.05) is 6.07 Å². The summed E-state index contributed by atoms with van der Waals surface area (Å²) in [6.07, 6.45) is 0. The number of hydrogen-bond acceptors (Lipinski definition) is 3. The first-order valence-corrected chi connectivity index (χ1v) is 4.72. The van der Waals surface area contributed by atoms with Gasteiger partial charge in [0.1, 0.15) is 0 Å². The second-order valence-electron chi connectivity index (χ2n) is 3.28. The lowest BCUT2D eigenvalue weighted by atomic mass is 10.1. The maximum Gasteiger partial charge on any atom is 0.299 e. The summed E-state index contributed by atoms with van der Waals surface area (Å²) in [6.45, 7) is 1.36. The molecule has 0 saturated carbocycles. The Kier molecular flexibility index (Phi) is 2.59. The molecular formula is C11H9N3O2. The largest absolute Gasteiger partial charge is 0.309 e. The van der Waals surface area contributed by atoms with E-state index in [2.05, 4.69) is 15.5 Å². The van der Waals surface area contributed by atoms with Crippen LogP contribution in [-0.2, 0) is 9.59 Å². The van der Waals surface area contributed by atoms with E-state index in [0.717, 1.165) is 0 Å². The van der Waals surface area contributed by atoms with E-state index in [1.165, 1.54) is 6.92 Å². The Bertz CT molecular complexity index is 503. The van der Waals surface area contributed by atoms with E-state index < -0.39 is 5.91 Å². The van der Waals surface area contributed by atoms with E-state index >= 15 is 0 Å². The van der Waals surface area contributed by atoms with Crippen molar-refractivity contribution in [1.82, 2.24) is 5.32 Å². The molecule has 1 aromatic rings. The van der Waals surface area contributed by atoms with Gasteiger partial charge in [-0.25, -0.2) is 0 Å². The van der Waals surface area contributed by atoms with Crippen LogP contribution in [0.15, 0.2) is 46.4 Å². The molecule has 0 aliphatic carbocycles. The third kappa shape index (κ3) is 1.88. The number of amides is 2. The van der Waals surface area contributed by atoms with Crippen LogP contribution in [0, 0.1) is 0 Å². The molecule has 80 valence electrons. The standard InChI is InChI=1S/C11H9N3O2/c1-7(15)12-10-9(11(16)14-13-10)8-5-3-2-4-6-8/h2-6H,1H3,(H,12,15). The molecule has 5 heteroatoms. The molecule has 16 heavy (non-hydrogen) atoms. The lowest BCUT2D eigenvalue weighted by Gasteiger charge is -2.02. The van der Waals surface area contributed by atoms with Crippen molar-refractivity contribution < 1.29 is 9.59 Å². The van der Waals surface area contributed by atoms with Crippen molar-refractivity contribution in [1.29, 1.82) is 0 Å². The predicted octanol–water partition coefficient (Wildman–Crippen LogP) is 1.48. The molecule has 0 saturated heterocycles. The van der Waals surface area contributed by atoms with Gasteiger partial charge in [-0.3, -0.25) is 9.59 Å². The highest BCUT2D eigenvalue weighted by molar-refractivity contribution is 6.22. The Morgan fingerprint density at radius 1 is 1.19 bits per heavy atom. The molecule has 1 N–H and O–H groups in total. The average Bonchev–Trinajstić information content (AvgIpc) is 2.60. The molecule has 1 aromatic carbocycles. The van der Waals surface area contributed by atoms with Crippen LogP contribution in [0.5, 0.6) is 0 Å². The Balaban J connectivity index is 2.44. The van der Waals surface area contributed by atoms with Crippen molar-refractivity contribution >= 4 is 17.4 Å². The minimum atomic E-state index is -0.435. The fourth-order valence-corrected chi connectivity index (χ4v) is 1.42. The molecule has 0 fully saturated rings. The summed E-state index contributed by atoms with van der Waals surface area (Å²) in [5.41, 5.74) is 1.03. The lowest BCUT2D eigenvalue weighted by Crippen LogP contribution is -2.18. The van der Waals surface area contributed by atoms with Gasteiger partial charge in [0.2, 0.25) is 5.91 Å². The third-order valence-corrected chi connectivity index (χ3v) is 2.05. The van der Waals surface area contributed by atoms with Crippen LogP contribution in [0.1, 0.15) is 12.5 Å². The molecule has 0 atom stereocenters. The van der Waals surface area contributed by atoms with Crippen molar-refractivity contribution in [2.75, 3.05) is 0 Å². The van der Waals surface area contributed by atoms with Crippen LogP contribution in [0.2, 0.25) is 0 Å². The Morgan fingerprint density at radius 3 is 2.50 bits per heavy atom. The average molecular weight is 215 g/mol. The molecule has 5 nitrogen and oxygen atoms in total. The number of hydrogen-bond donors (Lipinski definition) is 1. The van der Waals surface area contributed by atoms with Crippen molar-refractivity contribution in [2.24, 2.45) is 10.2 Å². The van der Waals surface area contributed by atoms with Gasteiger partial charge in [0.25, 0.3) is 5.91 Å². The van der Waals surface area contributed by atoms with Crippen LogP contribution >= 0.6 is 0 Å². The van der Waals surface area contributed by atoms with Gasteiger partial charge < -0.3 is 5.32 Å². The van der Waals surface area contributed by atoms with Gasteiger partial charge in [-0.1, -0.05) is 30.3 Å². The van der Waals surface area contributed by atoms with E-state index in [4.69, 9.17) is 0 Å². The first-order valence-electron chi connectivity index (χ1n) is 4.72. The molecule has 0 bridgehead atoms. The van der Waals surface area contributed by atoms with Crippen LogP contribution < -0.4 is 5.32 Å². The number of azo groups is 1. The summed E-state index contributed by atoms with van der Waals surface area (Å²) >= 11 is 0. The van der Waals surface area contributed by atoms with E-state index in [0.29, 0.717) is 11.1 Å². The van der Waals surface area contributed by atoms with Gasteiger partial charge in [0.05, 0.1) is 5.57 Å². The molecule has 2 rings (SSSR count). The van der Waals surface area contributed by atoms with Crippen molar-refractivity contribution in [3.63, 3.8) is 0 Å². The van der Waals surface area contributed by atoms with Gasteiger partial charge in [-0.15, -0.1) is 10.2 Å². The maximum atomic E-state index is 11.5. The van der Waals surface area contributed by atoms with Crippen molar-refractivity contribution in [3.05, 3.63) is 41.7 Å². The first-order chi connectivity index (χ1) is 7.68. The molecule has 0 aromatic heterocycles. The van der Waals surface area contributed by atoms with Crippen LogP contribution in [0.25, 0.3) is 5.57 Å². The summed E-state index contributed by atoms with van der Waals surface area (Å²) in [7, 11) is 0. The van der Waals surface area contributed by atoms with Gasteiger partial charge in [-0.2, -0.15) is 0 Å². The normalized spacial score (nSPS) is 14.4. The zero-order valence-corrected chi connectivity index (χ0v) is 8.60. The van der Waals surface area contributed by atoms with E-state index in [1.54, 1.807) is 24.3 Å². The molecule has 0 radical (unpaired) electrons. The topological polar surface area (TPSA) is 70.9 Å². The number of nitrogens with zero attached hydrogens (tertiary/aromatic N) is 2. The molecule has 2 amide bonds. The monoisotopic (exact) mass is 215 g/mol. The smallest absolute Gasteiger partial charge is 0.299 e. The quantitative estimate of drug-likeness (QED) is 0.811. The Hall–Kier alpha value is -2.30. The summed E-state index contributed by atoms with van der Waals surface area (Å²) in [6, 6.07) is 8.99. The molecule has 0 spiro atoms. The second-order valence-corrected chi connectivity index (χ2v) is 3.28. The van der Waals surface area contributed by atoms with Gasteiger partial charge in [-0.05, 0) is 5.56 Å². The molecule has 1 aliphatic heterocycles. The van der Waals surface area contributed by atoms with Gasteiger partial charge in [0, 0.05) is 6.92 Å². The Labute approximate surface area is 91.9 Å². The molecular weight excluding hydrogens is 206 g/mol.